The summed E-state index contributed by atoms with van der Waals surface area (Å²) in [6, 6.07) is 34.6. The number of benzene rings is 5. The molecule has 1 heteroatoms. The molecule has 2 heterocycles. The molecule has 0 saturated carbocycles. The van der Waals surface area contributed by atoms with E-state index in [9.17, 15) is 0 Å². The molecular weight excluding hydrogens is 446 g/mol. The molecule has 2 aromatic heterocycles. The van der Waals surface area contributed by atoms with Crippen LogP contribution in [0, 0.1) is 0 Å². The molecule has 7 aromatic rings. The zero-order valence-corrected chi connectivity index (χ0v) is 21.6. The second-order valence-electron chi connectivity index (χ2n) is 12.2. The summed E-state index contributed by atoms with van der Waals surface area (Å²) in [7, 11) is 0. The van der Waals surface area contributed by atoms with Gasteiger partial charge in [-0.25, -0.2) is 0 Å². The Labute approximate surface area is 216 Å². The minimum atomic E-state index is -0.0382. The van der Waals surface area contributed by atoms with Crippen LogP contribution in [-0.2, 0) is 10.8 Å². The van der Waals surface area contributed by atoms with Gasteiger partial charge in [-0.3, -0.25) is 0 Å². The number of aromatic nitrogens is 1. The number of fused-ring (bicyclic) bond motifs is 13. The third kappa shape index (κ3) is 2.09. The summed E-state index contributed by atoms with van der Waals surface area (Å²) in [5.74, 6) is 0. The molecule has 1 nitrogen and oxygen atoms in total. The third-order valence-electron chi connectivity index (χ3n) is 9.70. The fraction of sp³-hybridized carbons (Fsp3) is 0.167. The Morgan fingerprint density at radius 2 is 1.16 bits per heavy atom. The van der Waals surface area contributed by atoms with Crippen LogP contribution in [0.25, 0.3) is 60.3 Å². The molecule has 0 radical (unpaired) electrons. The normalized spacial score (nSPS) is 16.5. The van der Waals surface area contributed by atoms with Crippen molar-refractivity contribution in [3.05, 3.63) is 113 Å². The minimum Gasteiger partial charge on any atom is -0.308 e. The van der Waals surface area contributed by atoms with Crippen molar-refractivity contribution in [1.29, 1.82) is 0 Å². The fourth-order valence-corrected chi connectivity index (χ4v) is 8.03. The predicted octanol–water partition coefficient (Wildman–Crippen LogP) is 9.45. The molecule has 5 aromatic carbocycles. The molecule has 0 fully saturated rings. The summed E-state index contributed by atoms with van der Waals surface area (Å²) in [4.78, 5) is 0. The van der Waals surface area contributed by atoms with Gasteiger partial charge in [0.25, 0.3) is 0 Å². The molecule has 2 aliphatic rings. The van der Waals surface area contributed by atoms with Crippen LogP contribution in [-0.4, -0.2) is 4.40 Å². The zero-order chi connectivity index (χ0) is 24.8. The lowest BCUT2D eigenvalue weighted by molar-refractivity contribution is 0.661. The standard InChI is InChI=1S/C36H27N/c1-35(2)27-14-7-6-11-21(27)25-19-31-26(18-29(25)35)23-12-9-13-24-32-30(37(31)34(23)24)17-16-22-20-10-5-8-15-28(20)36(3,4)33(22)32/h5-19H,1-4H3. The summed E-state index contributed by atoms with van der Waals surface area (Å²) in [5.41, 5.74) is 15.3. The van der Waals surface area contributed by atoms with E-state index in [1.807, 2.05) is 0 Å². The highest BCUT2D eigenvalue weighted by atomic mass is 14.9. The first-order valence-corrected chi connectivity index (χ1v) is 13.4. The van der Waals surface area contributed by atoms with E-state index in [-0.39, 0.29) is 10.8 Å². The Bertz CT molecular complexity index is 2130. The number of rotatable bonds is 0. The summed E-state index contributed by atoms with van der Waals surface area (Å²) >= 11 is 0. The van der Waals surface area contributed by atoms with Gasteiger partial charge in [-0.15, -0.1) is 0 Å². The minimum absolute atomic E-state index is 0.00476. The molecular formula is C36H27N. The van der Waals surface area contributed by atoms with Crippen molar-refractivity contribution in [1.82, 2.24) is 4.40 Å². The van der Waals surface area contributed by atoms with Crippen LogP contribution >= 0.6 is 0 Å². The Balaban J connectivity index is 1.48. The summed E-state index contributed by atoms with van der Waals surface area (Å²) in [5, 5.41) is 5.52. The van der Waals surface area contributed by atoms with E-state index in [4.69, 9.17) is 0 Å². The van der Waals surface area contributed by atoms with E-state index in [1.54, 1.807) is 0 Å². The molecule has 2 aliphatic carbocycles. The van der Waals surface area contributed by atoms with Crippen LogP contribution in [0.4, 0.5) is 0 Å². The average Bonchev–Trinajstić information content (AvgIpc) is 3.56. The molecule has 0 unspecified atom stereocenters. The van der Waals surface area contributed by atoms with E-state index in [2.05, 4.69) is 123 Å². The van der Waals surface area contributed by atoms with Crippen molar-refractivity contribution >= 4 is 38.1 Å². The maximum absolute atomic E-state index is 2.56. The van der Waals surface area contributed by atoms with Gasteiger partial charge < -0.3 is 4.40 Å². The molecule has 0 amide bonds. The van der Waals surface area contributed by atoms with Gasteiger partial charge in [0.05, 0.1) is 16.6 Å². The van der Waals surface area contributed by atoms with Crippen molar-refractivity contribution in [3.63, 3.8) is 0 Å². The lowest BCUT2D eigenvalue weighted by atomic mass is 9.80. The third-order valence-corrected chi connectivity index (χ3v) is 9.70. The molecule has 37 heavy (non-hydrogen) atoms. The van der Waals surface area contributed by atoms with Crippen LogP contribution in [0.2, 0.25) is 0 Å². The van der Waals surface area contributed by atoms with E-state index >= 15 is 0 Å². The number of para-hydroxylation sites is 1. The number of hydrogen-bond acceptors (Lipinski definition) is 0. The molecule has 0 saturated heterocycles. The van der Waals surface area contributed by atoms with Crippen LogP contribution in [0.3, 0.4) is 0 Å². The average molecular weight is 474 g/mol. The Morgan fingerprint density at radius 3 is 1.95 bits per heavy atom. The molecule has 0 spiro atoms. The summed E-state index contributed by atoms with van der Waals surface area (Å²) in [6.07, 6.45) is 0. The molecule has 0 N–H and O–H groups in total. The Hall–Kier alpha value is -4.10. The SMILES string of the molecule is CC1(C)c2ccccc2-c2cc3c(cc21)c1cccc2c4c5c(ccc4n3c12)-c1ccccc1C5(C)C. The molecule has 0 atom stereocenters. The monoisotopic (exact) mass is 473 g/mol. The van der Waals surface area contributed by atoms with Gasteiger partial charge in [0.15, 0.2) is 0 Å². The van der Waals surface area contributed by atoms with Crippen LogP contribution in [0.1, 0.15) is 49.9 Å². The van der Waals surface area contributed by atoms with Crippen molar-refractivity contribution < 1.29 is 0 Å². The summed E-state index contributed by atoms with van der Waals surface area (Å²) in [6.45, 7) is 9.54. The Kier molecular flexibility index (Phi) is 3.28. The second-order valence-corrected chi connectivity index (χ2v) is 12.2. The molecule has 9 rings (SSSR count). The van der Waals surface area contributed by atoms with E-state index in [0.29, 0.717) is 0 Å². The summed E-state index contributed by atoms with van der Waals surface area (Å²) < 4.78 is 2.56. The van der Waals surface area contributed by atoms with Gasteiger partial charge in [0.1, 0.15) is 0 Å². The van der Waals surface area contributed by atoms with Crippen molar-refractivity contribution in [2.45, 2.75) is 38.5 Å². The maximum Gasteiger partial charge on any atom is 0.0620 e. The second kappa shape index (κ2) is 6.06. The van der Waals surface area contributed by atoms with Gasteiger partial charge in [0.2, 0.25) is 0 Å². The van der Waals surface area contributed by atoms with Gasteiger partial charge >= 0.3 is 0 Å². The number of nitrogens with zero attached hydrogens (tertiary/aromatic N) is 1. The van der Waals surface area contributed by atoms with Gasteiger partial charge in [-0.1, -0.05) is 100 Å². The quantitative estimate of drug-likeness (QED) is 0.207. The van der Waals surface area contributed by atoms with Gasteiger partial charge in [0, 0.05) is 32.4 Å². The van der Waals surface area contributed by atoms with Crippen LogP contribution < -0.4 is 0 Å². The first-order valence-electron chi connectivity index (χ1n) is 13.4. The van der Waals surface area contributed by atoms with Crippen LogP contribution in [0.5, 0.6) is 0 Å². The maximum atomic E-state index is 2.56. The van der Waals surface area contributed by atoms with Gasteiger partial charge in [-0.2, -0.15) is 0 Å². The van der Waals surface area contributed by atoms with Crippen molar-refractivity contribution in [2.24, 2.45) is 0 Å². The lowest BCUT2D eigenvalue weighted by Crippen LogP contribution is -2.15. The van der Waals surface area contributed by atoms with Gasteiger partial charge in [-0.05, 0) is 62.7 Å². The highest BCUT2D eigenvalue weighted by Crippen LogP contribution is 2.55. The first kappa shape index (κ1) is 20.0. The predicted molar refractivity (Wildman–Crippen MR) is 156 cm³/mol. The van der Waals surface area contributed by atoms with Crippen LogP contribution in [0.15, 0.2) is 91.0 Å². The zero-order valence-electron chi connectivity index (χ0n) is 21.6. The lowest BCUT2D eigenvalue weighted by Gasteiger charge is -2.22. The first-order chi connectivity index (χ1) is 17.9. The van der Waals surface area contributed by atoms with Crippen molar-refractivity contribution in [2.75, 3.05) is 0 Å². The smallest absolute Gasteiger partial charge is 0.0620 e. The van der Waals surface area contributed by atoms with E-state index in [1.165, 1.54) is 82.6 Å². The largest absolute Gasteiger partial charge is 0.308 e. The molecule has 0 bridgehead atoms. The number of hydrogen-bond donors (Lipinski definition) is 0. The Morgan fingerprint density at radius 1 is 0.486 bits per heavy atom. The fourth-order valence-electron chi connectivity index (χ4n) is 8.03. The highest BCUT2D eigenvalue weighted by Gasteiger charge is 2.39. The topological polar surface area (TPSA) is 4.41 Å². The highest BCUT2D eigenvalue weighted by molar-refractivity contribution is 6.25. The molecule has 176 valence electrons. The van der Waals surface area contributed by atoms with E-state index < -0.39 is 0 Å². The van der Waals surface area contributed by atoms with Crippen molar-refractivity contribution in [3.8, 4) is 22.3 Å². The molecule has 0 aliphatic heterocycles. The van der Waals surface area contributed by atoms with E-state index in [0.717, 1.165) is 0 Å².